The van der Waals surface area contributed by atoms with Crippen LogP contribution >= 0.6 is 0 Å². The fourth-order valence-electron chi connectivity index (χ4n) is 2.68. The van der Waals surface area contributed by atoms with Gasteiger partial charge >= 0.3 is 0 Å². The Balaban J connectivity index is 1.92. The largest absolute Gasteiger partial charge is 0.338 e. The lowest BCUT2D eigenvalue weighted by atomic mass is 10.2. The molecule has 0 radical (unpaired) electrons. The zero-order valence-electron chi connectivity index (χ0n) is 9.89. The number of nitrogens with zero attached hydrogens (tertiary/aromatic N) is 3. The number of aromatic nitrogens is 2. The summed E-state index contributed by atoms with van der Waals surface area (Å²) in [6.45, 7) is 3.94. The summed E-state index contributed by atoms with van der Waals surface area (Å²) in [5.74, 6) is 1.16. The van der Waals surface area contributed by atoms with Crippen LogP contribution in [0.3, 0.4) is 0 Å². The Labute approximate surface area is 96.4 Å². The molecule has 0 spiro atoms. The molecule has 1 aliphatic heterocycles. The van der Waals surface area contributed by atoms with Crippen LogP contribution in [0.2, 0.25) is 0 Å². The van der Waals surface area contributed by atoms with Gasteiger partial charge in [-0.05, 0) is 32.6 Å². The Morgan fingerprint density at radius 1 is 1.44 bits per heavy atom. The summed E-state index contributed by atoms with van der Waals surface area (Å²) in [6, 6.07) is 1.20. The molecule has 1 aromatic heterocycles. The topological polar surface area (TPSA) is 47.1 Å². The predicted molar refractivity (Wildman–Crippen MR) is 64.7 cm³/mol. The van der Waals surface area contributed by atoms with Crippen LogP contribution in [0.15, 0.2) is 6.20 Å². The SMILES string of the molecule is Cc1cn(C2CC2)c(N2CCCC2CN)n1. The molecule has 88 valence electrons. The molecule has 2 heterocycles. The number of imidazole rings is 1. The number of rotatable bonds is 3. The number of anilines is 1. The molecule has 2 fully saturated rings. The number of hydrogen-bond donors (Lipinski definition) is 1. The molecule has 1 aliphatic carbocycles. The van der Waals surface area contributed by atoms with E-state index in [1.54, 1.807) is 0 Å². The van der Waals surface area contributed by atoms with Crippen molar-refractivity contribution in [3.8, 4) is 0 Å². The van der Waals surface area contributed by atoms with Crippen molar-refractivity contribution in [1.82, 2.24) is 9.55 Å². The van der Waals surface area contributed by atoms with Gasteiger partial charge in [0, 0.05) is 31.4 Å². The van der Waals surface area contributed by atoms with E-state index in [4.69, 9.17) is 5.73 Å². The van der Waals surface area contributed by atoms with Gasteiger partial charge in [0.05, 0.1) is 5.69 Å². The quantitative estimate of drug-likeness (QED) is 0.838. The summed E-state index contributed by atoms with van der Waals surface area (Å²) < 4.78 is 2.36. The smallest absolute Gasteiger partial charge is 0.206 e. The lowest BCUT2D eigenvalue weighted by Crippen LogP contribution is -2.37. The zero-order chi connectivity index (χ0) is 11.1. The molecular weight excluding hydrogens is 200 g/mol. The molecule has 2 aliphatic rings. The van der Waals surface area contributed by atoms with Crippen molar-refractivity contribution in [2.75, 3.05) is 18.0 Å². The van der Waals surface area contributed by atoms with Gasteiger partial charge in [0.25, 0.3) is 0 Å². The van der Waals surface area contributed by atoms with Crippen LogP contribution in [-0.4, -0.2) is 28.7 Å². The van der Waals surface area contributed by atoms with E-state index in [0.29, 0.717) is 12.1 Å². The van der Waals surface area contributed by atoms with Gasteiger partial charge in [0.1, 0.15) is 0 Å². The minimum atomic E-state index is 0.499. The van der Waals surface area contributed by atoms with Gasteiger partial charge in [0.2, 0.25) is 5.95 Å². The summed E-state index contributed by atoms with van der Waals surface area (Å²) in [4.78, 5) is 7.09. The highest BCUT2D eigenvalue weighted by Crippen LogP contribution is 2.39. The first-order chi connectivity index (χ1) is 7.79. The second-order valence-electron chi connectivity index (χ2n) is 5.05. The zero-order valence-corrected chi connectivity index (χ0v) is 9.89. The second-order valence-corrected chi connectivity index (χ2v) is 5.05. The maximum atomic E-state index is 5.83. The Morgan fingerprint density at radius 2 is 2.25 bits per heavy atom. The summed E-state index contributed by atoms with van der Waals surface area (Å²) in [6.07, 6.45) is 7.28. The van der Waals surface area contributed by atoms with Crippen LogP contribution in [0.25, 0.3) is 0 Å². The van der Waals surface area contributed by atoms with E-state index in [1.165, 1.54) is 25.7 Å². The van der Waals surface area contributed by atoms with Gasteiger partial charge in [-0.1, -0.05) is 0 Å². The van der Waals surface area contributed by atoms with Crippen molar-refractivity contribution < 1.29 is 0 Å². The number of hydrogen-bond acceptors (Lipinski definition) is 3. The van der Waals surface area contributed by atoms with E-state index in [0.717, 1.165) is 24.7 Å². The fraction of sp³-hybridized carbons (Fsp3) is 0.750. The molecule has 1 unspecified atom stereocenters. The van der Waals surface area contributed by atoms with Gasteiger partial charge in [-0.15, -0.1) is 0 Å². The highest BCUT2D eigenvalue weighted by molar-refractivity contribution is 5.38. The van der Waals surface area contributed by atoms with Gasteiger partial charge in [-0.2, -0.15) is 0 Å². The molecule has 0 aromatic carbocycles. The Bertz CT molecular complexity index is 380. The number of aryl methyl sites for hydroxylation is 1. The van der Waals surface area contributed by atoms with Crippen LogP contribution in [0.4, 0.5) is 5.95 Å². The van der Waals surface area contributed by atoms with Crippen molar-refractivity contribution >= 4 is 5.95 Å². The second kappa shape index (κ2) is 3.77. The first-order valence-electron chi connectivity index (χ1n) is 6.32. The summed E-state index contributed by atoms with van der Waals surface area (Å²) >= 11 is 0. The third-order valence-electron chi connectivity index (χ3n) is 3.68. The van der Waals surface area contributed by atoms with Gasteiger partial charge < -0.3 is 15.2 Å². The van der Waals surface area contributed by atoms with Gasteiger partial charge in [0.15, 0.2) is 0 Å². The van der Waals surface area contributed by atoms with E-state index < -0.39 is 0 Å². The van der Waals surface area contributed by atoms with Crippen LogP contribution in [-0.2, 0) is 0 Å². The lowest BCUT2D eigenvalue weighted by Gasteiger charge is -2.25. The molecule has 1 saturated carbocycles. The monoisotopic (exact) mass is 220 g/mol. The van der Waals surface area contributed by atoms with Crippen molar-refractivity contribution in [3.63, 3.8) is 0 Å². The van der Waals surface area contributed by atoms with Gasteiger partial charge in [-0.25, -0.2) is 4.98 Å². The third kappa shape index (κ3) is 1.61. The van der Waals surface area contributed by atoms with Crippen molar-refractivity contribution in [2.45, 2.75) is 44.7 Å². The first kappa shape index (κ1) is 10.1. The molecule has 1 aromatic rings. The summed E-state index contributed by atoms with van der Waals surface area (Å²) in [5, 5.41) is 0. The molecule has 4 nitrogen and oxygen atoms in total. The van der Waals surface area contributed by atoms with Crippen LogP contribution in [0.1, 0.15) is 37.4 Å². The lowest BCUT2D eigenvalue weighted by molar-refractivity contribution is 0.634. The highest BCUT2D eigenvalue weighted by Gasteiger charge is 2.32. The van der Waals surface area contributed by atoms with Gasteiger partial charge in [-0.3, -0.25) is 0 Å². The standard InChI is InChI=1S/C12H20N4/c1-9-8-16(10-4-5-10)12(14-9)15-6-2-3-11(15)7-13/h8,10-11H,2-7,13H2,1H3. The Morgan fingerprint density at radius 3 is 2.94 bits per heavy atom. The van der Waals surface area contributed by atoms with E-state index in [9.17, 15) is 0 Å². The Hall–Kier alpha value is -1.03. The fourth-order valence-corrected chi connectivity index (χ4v) is 2.68. The summed E-state index contributed by atoms with van der Waals surface area (Å²) in [7, 11) is 0. The van der Waals surface area contributed by atoms with E-state index in [1.807, 2.05) is 0 Å². The van der Waals surface area contributed by atoms with Crippen LogP contribution in [0, 0.1) is 6.92 Å². The predicted octanol–water partition coefficient (Wildman–Crippen LogP) is 1.45. The molecule has 1 atom stereocenters. The van der Waals surface area contributed by atoms with E-state index in [-0.39, 0.29) is 0 Å². The normalized spacial score (nSPS) is 25.4. The minimum absolute atomic E-state index is 0.499. The van der Waals surface area contributed by atoms with Crippen LogP contribution in [0.5, 0.6) is 0 Å². The molecular formula is C12H20N4. The summed E-state index contributed by atoms with van der Waals surface area (Å²) in [5.41, 5.74) is 6.96. The first-order valence-corrected chi connectivity index (χ1v) is 6.32. The van der Waals surface area contributed by atoms with E-state index in [2.05, 4.69) is 27.6 Å². The maximum Gasteiger partial charge on any atom is 0.206 e. The van der Waals surface area contributed by atoms with E-state index >= 15 is 0 Å². The molecule has 0 amide bonds. The van der Waals surface area contributed by atoms with Crippen molar-refractivity contribution in [3.05, 3.63) is 11.9 Å². The minimum Gasteiger partial charge on any atom is -0.338 e. The molecule has 1 saturated heterocycles. The van der Waals surface area contributed by atoms with Crippen molar-refractivity contribution in [1.29, 1.82) is 0 Å². The third-order valence-corrected chi connectivity index (χ3v) is 3.68. The molecule has 16 heavy (non-hydrogen) atoms. The molecule has 4 heteroatoms. The molecule has 3 rings (SSSR count). The average molecular weight is 220 g/mol. The average Bonchev–Trinajstić information content (AvgIpc) is 2.89. The highest BCUT2D eigenvalue weighted by atomic mass is 15.3. The number of nitrogens with two attached hydrogens (primary N) is 1. The molecule has 0 bridgehead atoms. The maximum absolute atomic E-state index is 5.83. The molecule has 2 N–H and O–H groups in total. The Kier molecular flexibility index (Phi) is 2.39. The van der Waals surface area contributed by atoms with Crippen LogP contribution < -0.4 is 10.6 Å². The van der Waals surface area contributed by atoms with Crippen molar-refractivity contribution in [2.24, 2.45) is 5.73 Å².